The summed E-state index contributed by atoms with van der Waals surface area (Å²) >= 11 is 1.65. The maximum Gasteiger partial charge on any atom is 0.204 e. The Morgan fingerprint density at radius 2 is 2.31 bits per heavy atom. The lowest BCUT2D eigenvalue weighted by molar-refractivity contribution is 0.478. The van der Waals surface area contributed by atoms with E-state index in [-0.39, 0.29) is 5.75 Å². The lowest BCUT2D eigenvalue weighted by Gasteiger charge is -2.00. The molecule has 16 heavy (non-hydrogen) atoms. The quantitative estimate of drug-likeness (QED) is 0.632. The standard InChI is InChI=1S/C11H12N2O2S/c1-16-6-11-13-5-10(15-11)7-2-3-9(14)8(12)4-7/h2-5,14H,6,12H2,1H3. The van der Waals surface area contributed by atoms with Crippen LogP contribution in [0.1, 0.15) is 5.89 Å². The summed E-state index contributed by atoms with van der Waals surface area (Å²) in [6, 6.07) is 4.95. The highest BCUT2D eigenvalue weighted by molar-refractivity contribution is 7.97. The van der Waals surface area contributed by atoms with Crippen LogP contribution < -0.4 is 5.73 Å². The van der Waals surface area contributed by atoms with Crippen LogP contribution in [-0.4, -0.2) is 16.3 Å². The first-order chi connectivity index (χ1) is 7.70. The maximum absolute atomic E-state index is 9.31. The van der Waals surface area contributed by atoms with Crippen LogP contribution in [0.15, 0.2) is 28.8 Å². The minimum Gasteiger partial charge on any atom is -0.506 e. The van der Waals surface area contributed by atoms with Crippen LogP contribution in [-0.2, 0) is 5.75 Å². The molecule has 0 saturated heterocycles. The molecule has 0 bridgehead atoms. The predicted octanol–water partition coefficient (Wildman–Crippen LogP) is 2.49. The molecule has 5 heteroatoms. The second-order valence-corrected chi connectivity index (χ2v) is 4.19. The van der Waals surface area contributed by atoms with Gasteiger partial charge in [0.1, 0.15) is 5.75 Å². The van der Waals surface area contributed by atoms with Crippen molar-refractivity contribution < 1.29 is 9.52 Å². The van der Waals surface area contributed by atoms with Gasteiger partial charge in [0.15, 0.2) is 5.76 Å². The molecule has 84 valence electrons. The van der Waals surface area contributed by atoms with Crippen LogP contribution in [0.2, 0.25) is 0 Å². The molecule has 2 aromatic rings. The van der Waals surface area contributed by atoms with Crippen molar-refractivity contribution in [3.63, 3.8) is 0 Å². The smallest absolute Gasteiger partial charge is 0.204 e. The fraction of sp³-hybridized carbons (Fsp3) is 0.182. The summed E-state index contributed by atoms with van der Waals surface area (Å²) in [5.74, 6) is 2.17. The number of nitrogens with two attached hydrogens (primary N) is 1. The van der Waals surface area contributed by atoms with Gasteiger partial charge in [0.05, 0.1) is 17.6 Å². The first-order valence-electron chi connectivity index (χ1n) is 4.73. The van der Waals surface area contributed by atoms with E-state index in [0.29, 0.717) is 17.3 Å². The Bertz CT molecular complexity index is 496. The molecule has 0 amide bonds. The molecule has 2 rings (SSSR count). The van der Waals surface area contributed by atoms with Gasteiger partial charge in [-0.25, -0.2) is 4.98 Å². The SMILES string of the molecule is CSCc1ncc(-c2ccc(O)c(N)c2)o1. The van der Waals surface area contributed by atoms with Crippen molar-refractivity contribution in [2.24, 2.45) is 0 Å². The third kappa shape index (κ3) is 2.14. The Kier molecular flexibility index (Phi) is 3.05. The van der Waals surface area contributed by atoms with E-state index in [2.05, 4.69) is 4.98 Å². The number of phenolic OH excluding ortho intramolecular Hbond substituents is 1. The van der Waals surface area contributed by atoms with E-state index in [1.807, 2.05) is 6.26 Å². The third-order valence-electron chi connectivity index (χ3n) is 2.13. The van der Waals surface area contributed by atoms with Crippen LogP contribution in [0.5, 0.6) is 5.75 Å². The molecule has 0 aliphatic heterocycles. The van der Waals surface area contributed by atoms with Gasteiger partial charge in [-0.15, -0.1) is 0 Å². The van der Waals surface area contributed by atoms with Gasteiger partial charge in [0.2, 0.25) is 5.89 Å². The van der Waals surface area contributed by atoms with E-state index in [1.165, 1.54) is 0 Å². The number of nitrogen functional groups attached to an aromatic ring is 1. The first-order valence-corrected chi connectivity index (χ1v) is 6.12. The lowest BCUT2D eigenvalue weighted by atomic mass is 10.1. The monoisotopic (exact) mass is 236 g/mol. The minimum absolute atomic E-state index is 0.0765. The van der Waals surface area contributed by atoms with Gasteiger partial charge >= 0.3 is 0 Å². The summed E-state index contributed by atoms with van der Waals surface area (Å²) in [4.78, 5) is 4.14. The number of oxazole rings is 1. The highest BCUT2D eigenvalue weighted by atomic mass is 32.2. The highest BCUT2D eigenvalue weighted by Crippen LogP contribution is 2.28. The van der Waals surface area contributed by atoms with Gasteiger partial charge in [0, 0.05) is 5.56 Å². The number of hydrogen-bond acceptors (Lipinski definition) is 5. The molecule has 0 aliphatic rings. The number of hydrogen-bond donors (Lipinski definition) is 2. The maximum atomic E-state index is 9.31. The summed E-state index contributed by atoms with van der Waals surface area (Å²) in [7, 11) is 0. The molecule has 1 aromatic carbocycles. The third-order valence-corrected chi connectivity index (χ3v) is 2.67. The molecule has 1 aromatic heterocycles. The topological polar surface area (TPSA) is 72.3 Å². The number of thioether (sulfide) groups is 1. The number of nitrogens with zero attached hydrogens (tertiary/aromatic N) is 1. The molecule has 0 spiro atoms. The zero-order valence-corrected chi connectivity index (χ0v) is 9.62. The van der Waals surface area contributed by atoms with Gasteiger partial charge in [0.25, 0.3) is 0 Å². The Hall–Kier alpha value is -1.62. The normalized spacial score (nSPS) is 10.6. The van der Waals surface area contributed by atoms with Crippen LogP contribution in [0, 0.1) is 0 Å². The van der Waals surface area contributed by atoms with Crippen LogP contribution in [0.25, 0.3) is 11.3 Å². The Morgan fingerprint density at radius 3 is 3.00 bits per heavy atom. The molecule has 0 fully saturated rings. The highest BCUT2D eigenvalue weighted by Gasteiger charge is 2.07. The molecule has 1 heterocycles. The van der Waals surface area contributed by atoms with Crippen LogP contribution in [0.3, 0.4) is 0 Å². The summed E-state index contributed by atoms with van der Waals surface area (Å²) < 4.78 is 5.54. The molecule has 0 unspecified atom stereocenters. The zero-order chi connectivity index (χ0) is 11.5. The molecule has 0 saturated carbocycles. The molecular formula is C11H12N2O2S. The number of rotatable bonds is 3. The average Bonchev–Trinajstić information content (AvgIpc) is 2.71. The second kappa shape index (κ2) is 4.49. The molecule has 3 N–H and O–H groups in total. The summed E-state index contributed by atoms with van der Waals surface area (Å²) in [5, 5.41) is 9.31. The molecule has 0 aliphatic carbocycles. The van der Waals surface area contributed by atoms with Crippen molar-refractivity contribution in [1.82, 2.24) is 4.98 Å². The van der Waals surface area contributed by atoms with Crippen LogP contribution >= 0.6 is 11.8 Å². The number of aromatic hydroxyl groups is 1. The number of phenols is 1. The fourth-order valence-corrected chi connectivity index (χ4v) is 1.72. The first kappa shape index (κ1) is 10.9. The van der Waals surface area contributed by atoms with Crippen molar-refractivity contribution >= 4 is 17.4 Å². The molecule has 0 radical (unpaired) electrons. The van der Waals surface area contributed by atoms with Gasteiger partial charge in [-0.3, -0.25) is 0 Å². The number of anilines is 1. The molecule has 4 nitrogen and oxygen atoms in total. The van der Waals surface area contributed by atoms with Crippen LogP contribution in [0.4, 0.5) is 5.69 Å². The Morgan fingerprint density at radius 1 is 1.50 bits per heavy atom. The van der Waals surface area contributed by atoms with Crippen molar-refractivity contribution in [2.45, 2.75) is 5.75 Å². The van der Waals surface area contributed by atoms with Crippen molar-refractivity contribution in [3.8, 4) is 17.1 Å². The van der Waals surface area contributed by atoms with Gasteiger partial charge in [-0.2, -0.15) is 11.8 Å². The minimum atomic E-state index is 0.0765. The summed E-state index contributed by atoms with van der Waals surface area (Å²) in [5.41, 5.74) is 6.76. The van der Waals surface area contributed by atoms with Gasteiger partial charge in [-0.1, -0.05) is 0 Å². The zero-order valence-electron chi connectivity index (χ0n) is 8.80. The Balaban J connectivity index is 2.31. The van der Waals surface area contributed by atoms with Crippen molar-refractivity contribution in [1.29, 1.82) is 0 Å². The summed E-state index contributed by atoms with van der Waals surface area (Å²) in [6.45, 7) is 0. The van der Waals surface area contributed by atoms with Gasteiger partial charge < -0.3 is 15.3 Å². The van der Waals surface area contributed by atoms with E-state index >= 15 is 0 Å². The van der Waals surface area contributed by atoms with E-state index in [4.69, 9.17) is 10.2 Å². The molecular weight excluding hydrogens is 224 g/mol. The van der Waals surface area contributed by atoms with Crippen molar-refractivity contribution in [2.75, 3.05) is 12.0 Å². The van der Waals surface area contributed by atoms with E-state index < -0.39 is 0 Å². The van der Waals surface area contributed by atoms with Gasteiger partial charge in [-0.05, 0) is 24.5 Å². The number of benzene rings is 1. The Labute approximate surface area is 97.5 Å². The predicted molar refractivity (Wildman–Crippen MR) is 65.2 cm³/mol. The van der Waals surface area contributed by atoms with E-state index in [1.54, 1.807) is 36.2 Å². The van der Waals surface area contributed by atoms with E-state index in [0.717, 1.165) is 11.3 Å². The second-order valence-electron chi connectivity index (χ2n) is 3.32. The molecule has 0 atom stereocenters. The fourth-order valence-electron chi connectivity index (χ4n) is 1.34. The summed E-state index contributed by atoms with van der Waals surface area (Å²) in [6.07, 6.45) is 3.65. The van der Waals surface area contributed by atoms with Crippen molar-refractivity contribution in [3.05, 3.63) is 30.3 Å². The lowest BCUT2D eigenvalue weighted by Crippen LogP contribution is -1.85. The average molecular weight is 236 g/mol. The largest absolute Gasteiger partial charge is 0.506 e. The number of aromatic nitrogens is 1. The van der Waals surface area contributed by atoms with E-state index in [9.17, 15) is 5.11 Å².